The van der Waals surface area contributed by atoms with Gasteiger partial charge in [-0.2, -0.15) is 0 Å². The summed E-state index contributed by atoms with van der Waals surface area (Å²) in [5.74, 6) is -0.581. The quantitative estimate of drug-likeness (QED) is 0.797. The molecular weight excluding hydrogens is 260 g/mol. The van der Waals surface area contributed by atoms with Crippen molar-refractivity contribution in [3.63, 3.8) is 0 Å². The van der Waals surface area contributed by atoms with Crippen LogP contribution in [0.2, 0.25) is 0 Å². The van der Waals surface area contributed by atoms with Crippen molar-refractivity contribution in [3.05, 3.63) is 0 Å². The van der Waals surface area contributed by atoms with Crippen molar-refractivity contribution in [3.8, 4) is 0 Å². The fourth-order valence-electron chi connectivity index (χ4n) is 3.16. The molecule has 2 aliphatic heterocycles. The van der Waals surface area contributed by atoms with E-state index >= 15 is 0 Å². The number of aliphatic hydroxyl groups is 1. The summed E-state index contributed by atoms with van der Waals surface area (Å²) in [6.45, 7) is 4.10. The van der Waals surface area contributed by atoms with Crippen LogP contribution < -0.4 is 0 Å². The van der Waals surface area contributed by atoms with Crippen LogP contribution in [0.3, 0.4) is 0 Å². The summed E-state index contributed by atoms with van der Waals surface area (Å²) in [6, 6.07) is -0.0150. The van der Waals surface area contributed by atoms with Gasteiger partial charge >= 0.3 is 12.0 Å². The summed E-state index contributed by atoms with van der Waals surface area (Å²) < 4.78 is 0. The molecule has 0 saturated carbocycles. The van der Waals surface area contributed by atoms with Gasteiger partial charge in [0.1, 0.15) is 0 Å². The summed E-state index contributed by atoms with van der Waals surface area (Å²) in [6.07, 6.45) is 3.26. The third-order valence-corrected chi connectivity index (χ3v) is 4.29. The number of β-amino-alcohol motifs (C(OH)–C–C–N with tert-alkyl or cyclic N) is 1. The lowest BCUT2D eigenvalue weighted by Crippen LogP contribution is -2.54. The molecule has 1 unspecified atom stereocenters. The highest BCUT2D eigenvalue weighted by Gasteiger charge is 2.34. The first-order valence-corrected chi connectivity index (χ1v) is 7.35. The molecular formula is C14H24N2O4. The van der Waals surface area contributed by atoms with Gasteiger partial charge in [0.2, 0.25) is 0 Å². The molecule has 6 heteroatoms. The van der Waals surface area contributed by atoms with Crippen molar-refractivity contribution < 1.29 is 19.8 Å². The second-order valence-electron chi connectivity index (χ2n) is 6.33. The fraction of sp³-hybridized carbons (Fsp3) is 0.857. The first-order valence-electron chi connectivity index (χ1n) is 7.35. The van der Waals surface area contributed by atoms with Crippen LogP contribution in [0, 0.1) is 5.92 Å². The molecule has 0 aromatic heterocycles. The second kappa shape index (κ2) is 5.99. The number of rotatable bonds is 2. The van der Waals surface area contributed by atoms with Crippen LogP contribution in [-0.2, 0) is 4.79 Å². The Morgan fingerprint density at radius 1 is 1.20 bits per heavy atom. The molecule has 0 bridgehead atoms. The van der Waals surface area contributed by atoms with Crippen LogP contribution in [0.25, 0.3) is 0 Å². The van der Waals surface area contributed by atoms with Gasteiger partial charge in [0.15, 0.2) is 0 Å². The third-order valence-electron chi connectivity index (χ3n) is 4.29. The maximum Gasteiger partial charge on any atom is 0.320 e. The van der Waals surface area contributed by atoms with Crippen LogP contribution in [-0.4, -0.2) is 63.8 Å². The Hall–Kier alpha value is -1.30. The second-order valence-corrected chi connectivity index (χ2v) is 6.33. The summed E-state index contributed by atoms with van der Waals surface area (Å²) in [5, 5.41) is 18.8. The molecule has 2 fully saturated rings. The van der Waals surface area contributed by atoms with E-state index in [1.54, 1.807) is 16.7 Å². The summed E-state index contributed by atoms with van der Waals surface area (Å²) in [7, 11) is 0. The highest BCUT2D eigenvalue weighted by Crippen LogP contribution is 2.24. The molecule has 0 aromatic carbocycles. The number of carbonyl (C=O) groups excluding carboxylic acids is 1. The lowest BCUT2D eigenvalue weighted by atomic mass is 9.93. The Kier molecular flexibility index (Phi) is 4.52. The lowest BCUT2D eigenvalue weighted by molar-refractivity contribution is -0.138. The molecule has 1 atom stereocenters. The molecule has 2 N–H and O–H groups in total. The Bertz CT molecular complexity index is 375. The molecule has 6 nitrogen and oxygen atoms in total. The van der Waals surface area contributed by atoms with Crippen molar-refractivity contribution in [1.82, 2.24) is 9.80 Å². The van der Waals surface area contributed by atoms with E-state index in [1.165, 1.54) is 0 Å². The Morgan fingerprint density at radius 2 is 1.85 bits per heavy atom. The van der Waals surface area contributed by atoms with E-state index in [-0.39, 0.29) is 18.4 Å². The maximum atomic E-state index is 12.4. The number of carboxylic acid groups (broad SMARTS) is 1. The molecule has 2 saturated heterocycles. The van der Waals surface area contributed by atoms with Crippen LogP contribution >= 0.6 is 0 Å². The van der Waals surface area contributed by atoms with Gasteiger partial charge in [-0.1, -0.05) is 0 Å². The number of piperidine rings is 2. The largest absolute Gasteiger partial charge is 0.481 e. The van der Waals surface area contributed by atoms with Gasteiger partial charge in [-0.15, -0.1) is 0 Å². The molecule has 2 heterocycles. The van der Waals surface area contributed by atoms with Gasteiger partial charge in [0, 0.05) is 26.1 Å². The van der Waals surface area contributed by atoms with Crippen molar-refractivity contribution in [2.45, 2.75) is 44.6 Å². The molecule has 20 heavy (non-hydrogen) atoms. The molecule has 0 aliphatic carbocycles. The van der Waals surface area contributed by atoms with E-state index < -0.39 is 11.6 Å². The van der Waals surface area contributed by atoms with E-state index in [4.69, 9.17) is 5.11 Å². The lowest BCUT2D eigenvalue weighted by Gasteiger charge is -2.41. The minimum atomic E-state index is -0.782. The zero-order valence-electron chi connectivity index (χ0n) is 12.0. The predicted octanol–water partition coefficient (Wildman–Crippen LogP) is 1.14. The highest BCUT2D eigenvalue weighted by atomic mass is 16.4. The van der Waals surface area contributed by atoms with Crippen LogP contribution in [0.1, 0.15) is 39.0 Å². The third kappa shape index (κ3) is 3.85. The number of aliphatic carboxylic acids is 1. The van der Waals surface area contributed by atoms with Crippen molar-refractivity contribution in [2.75, 3.05) is 26.2 Å². The smallest absolute Gasteiger partial charge is 0.320 e. The number of hydrogen-bond acceptors (Lipinski definition) is 3. The van der Waals surface area contributed by atoms with Gasteiger partial charge in [0.25, 0.3) is 0 Å². The minimum Gasteiger partial charge on any atom is -0.481 e. The first kappa shape index (κ1) is 15.1. The van der Waals surface area contributed by atoms with E-state index in [9.17, 15) is 14.7 Å². The molecule has 0 spiro atoms. The number of urea groups is 1. The van der Waals surface area contributed by atoms with Crippen molar-refractivity contribution >= 4 is 12.0 Å². The van der Waals surface area contributed by atoms with E-state index in [2.05, 4.69) is 0 Å². The van der Waals surface area contributed by atoms with Gasteiger partial charge in [-0.3, -0.25) is 4.79 Å². The van der Waals surface area contributed by atoms with Crippen LogP contribution in [0.4, 0.5) is 4.79 Å². The van der Waals surface area contributed by atoms with Crippen LogP contribution in [0.5, 0.6) is 0 Å². The van der Waals surface area contributed by atoms with Crippen molar-refractivity contribution in [1.29, 1.82) is 0 Å². The Balaban J connectivity index is 1.84. The fourth-order valence-corrected chi connectivity index (χ4v) is 3.16. The van der Waals surface area contributed by atoms with Gasteiger partial charge in [0.05, 0.1) is 12.1 Å². The van der Waals surface area contributed by atoms with Gasteiger partial charge in [-0.25, -0.2) is 4.79 Å². The Labute approximate surface area is 119 Å². The van der Waals surface area contributed by atoms with Gasteiger partial charge < -0.3 is 20.0 Å². The average Bonchev–Trinajstić information content (AvgIpc) is 2.37. The van der Waals surface area contributed by atoms with E-state index in [0.29, 0.717) is 26.2 Å². The normalized spacial score (nSPS) is 28.5. The van der Waals surface area contributed by atoms with Gasteiger partial charge in [-0.05, 0) is 38.5 Å². The standard InChI is InChI=1S/C14H24N2O4/c1-14(20)5-2-6-16(10-14)13(19)15-7-3-11(4-8-15)9-12(17)18/h11,20H,2-10H2,1H3,(H,17,18). The molecule has 0 radical (unpaired) electrons. The number of amides is 2. The van der Waals surface area contributed by atoms with E-state index in [1.807, 2.05) is 0 Å². The zero-order chi connectivity index (χ0) is 14.8. The molecule has 0 aromatic rings. The molecule has 2 amide bonds. The number of carbonyl (C=O) groups is 2. The SMILES string of the molecule is CC1(O)CCCN(C(=O)N2CCC(CC(=O)O)CC2)C1. The number of nitrogens with zero attached hydrogens (tertiary/aromatic N) is 2. The monoisotopic (exact) mass is 284 g/mol. The summed E-state index contributed by atoms with van der Waals surface area (Å²) >= 11 is 0. The minimum absolute atomic E-state index is 0.0150. The predicted molar refractivity (Wildman–Crippen MR) is 73.4 cm³/mol. The Morgan fingerprint density at radius 3 is 2.40 bits per heavy atom. The van der Waals surface area contributed by atoms with E-state index in [0.717, 1.165) is 25.7 Å². The average molecular weight is 284 g/mol. The van der Waals surface area contributed by atoms with Crippen LogP contribution in [0.15, 0.2) is 0 Å². The topological polar surface area (TPSA) is 81.1 Å². The summed E-state index contributed by atoms with van der Waals surface area (Å²) in [5.41, 5.74) is -0.782. The zero-order valence-corrected chi connectivity index (χ0v) is 12.0. The first-order chi connectivity index (χ1) is 9.37. The number of carboxylic acids is 1. The van der Waals surface area contributed by atoms with Crippen molar-refractivity contribution in [2.24, 2.45) is 5.92 Å². The number of likely N-dealkylation sites (tertiary alicyclic amines) is 2. The molecule has 2 aliphatic rings. The molecule has 2 rings (SSSR count). The maximum absolute atomic E-state index is 12.4. The number of hydrogen-bond donors (Lipinski definition) is 2. The highest BCUT2D eigenvalue weighted by molar-refractivity contribution is 5.75. The summed E-state index contributed by atoms with van der Waals surface area (Å²) in [4.78, 5) is 26.6. The molecule has 114 valence electrons.